The van der Waals surface area contributed by atoms with Crippen LogP contribution in [0.15, 0.2) is 12.1 Å². The van der Waals surface area contributed by atoms with Crippen LogP contribution in [0.1, 0.15) is 15.9 Å². The smallest absolute Gasteiger partial charge is 0.387 e. The average molecular weight is 330 g/mol. The van der Waals surface area contributed by atoms with E-state index in [1.165, 1.54) is 13.2 Å². The molecule has 0 heterocycles. The Balaban J connectivity index is 3.19. The Morgan fingerprint density at radius 1 is 1.53 bits per heavy atom. The number of rotatable bonds is 4. The number of halogens is 4. The Bertz CT molecular complexity index is 426. The molecule has 94 valence electrons. The Morgan fingerprint density at radius 3 is 2.65 bits per heavy atom. The summed E-state index contributed by atoms with van der Waals surface area (Å²) in [7, 11) is 1.20. The molecule has 0 amide bonds. The SMILES string of the molecule is COC(=O)c1cc(CBr)c(OC(F)F)cc1Cl. The zero-order valence-electron chi connectivity index (χ0n) is 8.68. The maximum absolute atomic E-state index is 12.1. The van der Waals surface area contributed by atoms with Gasteiger partial charge >= 0.3 is 12.6 Å². The fraction of sp³-hybridized carbons (Fsp3) is 0.300. The van der Waals surface area contributed by atoms with E-state index in [2.05, 4.69) is 25.4 Å². The number of benzene rings is 1. The van der Waals surface area contributed by atoms with Gasteiger partial charge in [-0.05, 0) is 6.07 Å². The van der Waals surface area contributed by atoms with Crippen molar-refractivity contribution in [2.75, 3.05) is 7.11 Å². The molecule has 0 fully saturated rings. The molecule has 3 nitrogen and oxygen atoms in total. The number of esters is 1. The Labute approximate surface area is 110 Å². The number of carbonyl (C=O) groups is 1. The van der Waals surface area contributed by atoms with E-state index in [0.717, 1.165) is 6.07 Å². The van der Waals surface area contributed by atoms with Crippen LogP contribution in [0.4, 0.5) is 8.78 Å². The Morgan fingerprint density at radius 2 is 2.18 bits per heavy atom. The van der Waals surface area contributed by atoms with Gasteiger partial charge < -0.3 is 9.47 Å². The van der Waals surface area contributed by atoms with Gasteiger partial charge in [-0.25, -0.2) is 4.79 Å². The van der Waals surface area contributed by atoms with Gasteiger partial charge in [-0.15, -0.1) is 0 Å². The molecule has 0 saturated carbocycles. The van der Waals surface area contributed by atoms with Gasteiger partial charge in [-0.3, -0.25) is 0 Å². The fourth-order valence-corrected chi connectivity index (χ4v) is 1.85. The molecule has 0 aliphatic heterocycles. The summed E-state index contributed by atoms with van der Waals surface area (Å²) in [5.74, 6) is -0.713. The zero-order chi connectivity index (χ0) is 13.0. The first-order valence-electron chi connectivity index (χ1n) is 4.41. The molecule has 0 aliphatic rings. The monoisotopic (exact) mass is 328 g/mol. The summed E-state index contributed by atoms with van der Waals surface area (Å²) >= 11 is 8.88. The van der Waals surface area contributed by atoms with Crippen LogP contribution in [0.3, 0.4) is 0 Å². The number of ether oxygens (including phenoxy) is 2. The highest BCUT2D eigenvalue weighted by Gasteiger charge is 2.17. The predicted molar refractivity (Wildman–Crippen MR) is 62.1 cm³/mol. The highest BCUT2D eigenvalue weighted by molar-refractivity contribution is 9.08. The van der Waals surface area contributed by atoms with E-state index >= 15 is 0 Å². The van der Waals surface area contributed by atoms with Crippen LogP contribution in [0.25, 0.3) is 0 Å². The van der Waals surface area contributed by atoms with Gasteiger partial charge in [0.2, 0.25) is 0 Å². The third kappa shape index (κ3) is 3.54. The van der Waals surface area contributed by atoms with E-state index in [0.29, 0.717) is 5.56 Å². The van der Waals surface area contributed by atoms with Crippen molar-refractivity contribution in [3.63, 3.8) is 0 Å². The van der Waals surface area contributed by atoms with Crippen molar-refractivity contribution >= 4 is 33.5 Å². The second-order valence-electron chi connectivity index (χ2n) is 2.94. The predicted octanol–water partition coefficient (Wildman–Crippen LogP) is 3.62. The van der Waals surface area contributed by atoms with Gasteiger partial charge in [0.25, 0.3) is 0 Å². The topological polar surface area (TPSA) is 35.5 Å². The second kappa shape index (κ2) is 6.16. The van der Waals surface area contributed by atoms with Gasteiger partial charge in [0.05, 0.1) is 17.7 Å². The standard InChI is InChI=1S/C10H8BrClF2O3/c1-16-9(15)6-2-5(4-11)8(3-7(6)12)17-10(13)14/h2-3,10H,4H2,1H3. The van der Waals surface area contributed by atoms with Crippen molar-refractivity contribution in [3.05, 3.63) is 28.3 Å². The van der Waals surface area contributed by atoms with Crippen LogP contribution in [0.2, 0.25) is 5.02 Å². The van der Waals surface area contributed by atoms with Crippen LogP contribution < -0.4 is 4.74 Å². The van der Waals surface area contributed by atoms with Crippen molar-refractivity contribution in [1.29, 1.82) is 0 Å². The molecule has 0 N–H and O–H groups in total. The van der Waals surface area contributed by atoms with Gasteiger partial charge in [0, 0.05) is 17.0 Å². The summed E-state index contributed by atoms with van der Waals surface area (Å²) in [4.78, 5) is 11.3. The highest BCUT2D eigenvalue weighted by atomic mass is 79.9. The summed E-state index contributed by atoms with van der Waals surface area (Å²) in [5.41, 5.74) is 0.486. The molecule has 0 atom stereocenters. The number of methoxy groups -OCH3 is 1. The Kier molecular flexibility index (Phi) is 5.14. The zero-order valence-corrected chi connectivity index (χ0v) is 11.0. The molecule has 0 aromatic heterocycles. The summed E-state index contributed by atoms with van der Waals surface area (Å²) in [6.07, 6.45) is 0. The van der Waals surface area contributed by atoms with E-state index in [4.69, 9.17) is 11.6 Å². The van der Waals surface area contributed by atoms with E-state index in [9.17, 15) is 13.6 Å². The molecular formula is C10H8BrClF2O3. The molecule has 0 radical (unpaired) electrons. The maximum atomic E-state index is 12.1. The third-order valence-electron chi connectivity index (χ3n) is 1.92. The molecule has 0 spiro atoms. The van der Waals surface area contributed by atoms with E-state index in [-0.39, 0.29) is 21.7 Å². The lowest BCUT2D eigenvalue weighted by Gasteiger charge is -2.11. The second-order valence-corrected chi connectivity index (χ2v) is 3.91. The van der Waals surface area contributed by atoms with Crippen LogP contribution in [0, 0.1) is 0 Å². The molecule has 7 heteroatoms. The van der Waals surface area contributed by atoms with Gasteiger partial charge in [-0.1, -0.05) is 27.5 Å². The van der Waals surface area contributed by atoms with Crippen LogP contribution in [-0.2, 0) is 10.1 Å². The Hall–Kier alpha value is -0.880. The minimum atomic E-state index is -2.95. The molecular weight excluding hydrogens is 321 g/mol. The molecule has 1 aromatic rings. The summed E-state index contributed by atoms with van der Waals surface area (Å²) in [6.45, 7) is -2.95. The quantitative estimate of drug-likeness (QED) is 0.625. The molecule has 1 aromatic carbocycles. The lowest BCUT2D eigenvalue weighted by molar-refractivity contribution is -0.0503. The number of hydrogen-bond donors (Lipinski definition) is 0. The van der Waals surface area contributed by atoms with E-state index in [1.54, 1.807) is 0 Å². The first-order valence-corrected chi connectivity index (χ1v) is 5.91. The van der Waals surface area contributed by atoms with Crippen LogP contribution >= 0.6 is 27.5 Å². The van der Waals surface area contributed by atoms with E-state index < -0.39 is 12.6 Å². The van der Waals surface area contributed by atoms with Crippen molar-refractivity contribution in [2.45, 2.75) is 11.9 Å². The molecule has 0 aliphatic carbocycles. The minimum Gasteiger partial charge on any atom is -0.465 e. The van der Waals surface area contributed by atoms with Crippen LogP contribution in [0.5, 0.6) is 5.75 Å². The molecule has 17 heavy (non-hydrogen) atoms. The fourth-order valence-electron chi connectivity index (χ4n) is 1.18. The molecule has 0 saturated heterocycles. The first kappa shape index (κ1) is 14.2. The van der Waals surface area contributed by atoms with Crippen molar-refractivity contribution in [1.82, 2.24) is 0 Å². The van der Waals surface area contributed by atoms with Crippen molar-refractivity contribution in [2.24, 2.45) is 0 Å². The molecule has 0 bridgehead atoms. The van der Waals surface area contributed by atoms with Crippen molar-refractivity contribution < 1.29 is 23.0 Å². The minimum absolute atomic E-state index is 0.00259. The largest absolute Gasteiger partial charge is 0.465 e. The maximum Gasteiger partial charge on any atom is 0.387 e. The number of carbonyl (C=O) groups excluding carboxylic acids is 1. The normalized spacial score (nSPS) is 10.5. The number of hydrogen-bond acceptors (Lipinski definition) is 3. The highest BCUT2D eigenvalue weighted by Crippen LogP contribution is 2.30. The lowest BCUT2D eigenvalue weighted by atomic mass is 10.1. The average Bonchev–Trinajstić information content (AvgIpc) is 2.27. The van der Waals surface area contributed by atoms with Gasteiger partial charge in [0.1, 0.15) is 5.75 Å². The first-order chi connectivity index (χ1) is 7.99. The van der Waals surface area contributed by atoms with E-state index in [1.807, 2.05) is 0 Å². The summed E-state index contributed by atoms with van der Waals surface area (Å²) < 4.78 is 33.0. The van der Waals surface area contributed by atoms with Gasteiger partial charge in [-0.2, -0.15) is 8.78 Å². The van der Waals surface area contributed by atoms with Crippen molar-refractivity contribution in [3.8, 4) is 5.75 Å². The summed E-state index contributed by atoms with van der Waals surface area (Å²) in [6, 6.07) is 2.51. The number of alkyl halides is 3. The van der Waals surface area contributed by atoms with Crippen LogP contribution in [-0.4, -0.2) is 19.7 Å². The molecule has 0 unspecified atom stereocenters. The molecule has 1 rings (SSSR count). The summed E-state index contributed by atoms with van der Waals surface area (Å²) in [5, 5.41) is 0.244. The van der Waals surface area contributed by atoms with Gasteiger partial charge in [0.15, 0.2) is 0 Å². The lowest BCUT2D eigenvalue weighted by Crippen LogP contribution is -2.07. The third-order valence-corrected chi connectivity index (χ3v) is 2.83.